The lowest BCUT2D eigenvalue weighted by Crippen LogP contribution is -2.31. The lowest BCUT2D eigenvalue weighted by atomic mass is 10.1. The smallest absolute Gasteiger partial charge is 0.293 e. The number of carbonyl (C=O) groups excluding carboxylic acids is 1. The van der Waals surface area contributed by atoms with E-state index in [2.05, 4.69) is 20.1 Å². The van der Waals surface area contributed by atoms with E-state index < -0.39 is 4.92 Å². The molecule has 4 rings (SSSR count). The van der Waals surface area contributed by atoms with Gasteiger partial charge < -0.3 is 14.4 Å². The van der Waals surface area contributed by atoms with E-state index in [1.54, 1.807) is 36.1 Å². The zero-order valence-corrected chi connectivity index (χ0v) is 16.5. The summed E-state index contributed by atoms with van der Waals surface area (Å²) < 4.78 is 1.60. The van der Waals surface area contributed by atoms with Gasteiger partial charge in [-0.1, -0.05) is 0 Å². The van der Waals surface area contributed by atoms with Crippen LogP contribution in [0.3, 0.4) is 0 Å². The van der Waals surface area contributed by atoms with E-state index in [9.17, 15) is 14.9 Å². The monoisotopic (exact) mass is 407 g/mol. The summed E-state index contributed by atoms with van der Waals surface area (Å²) in [6, 6.07) is 8.38. The lowest BCUT2D eigenvalue weighted by Gasteiger charge is -2.24. The molecule has 10 heteroatoms. The number of nitro groups is 1. The van der Waals surface area contributed by atoms with Crippen molar-refractivity contribution in [2.45, 2.75) is 6.42 Å². The van der Waals surface area contributed by atoms with E-state index in [0.29, 0.717) is 25.3 Å². The van der Waals surface area contributed by atoms with Crippen molar-refractivity contribution in [2.75, 3.05) is 36.0 Å². The average molecular weight is 407 g/mol. The molecule has 30 heavy (non-hydrogen) atoms. The van der Waals surface area contributed by atoms with Crippen LogP contribution in [0.2, 0.25) is 0 Å². The van der Waals surface area contributed by atoms with Gasteiger partial charge >= 0.3 is 0 Å². The lowest BCUT2D eigenvalue weighted by molar-refractivity contribution is -0.384. The van der Waals surface area contributed by atoms with Crippen molar-refractivity contribution in [2.24, 2.45) is 7.05 Å². The third-order valence-electron chi connectivity index (χ3n) is 5.18. The van der Waals surface area contributed by atoms with Crippen molar-refractivity contribution in [3.8, 4) is 0 Å². The molecule has 0 unspecified atom stereocenters. The van der Waals surface area contributed by atoms with E-state index in [1.807, 2.05) is 17.0 Å². The quantitative estimate of drug-likeness (QED) is 0.359. The van der Waals surface area contributed by atoms with Gasteiger partial charge in [-0.15, -0.1) is 5.10 Å². The third kappa shape index (κ3) is 3.84. The average Bonchev–Trinajstić information content (AvgIpc) is 3.05. The number of rotatable bonds is 5. The van der Waals surface area contributed by atoms with Crippen LogP contribution < -0.4 is 9.80 Å². The van der Waals surface area contributed by atoms with Gasteiger partial charge in [-0.25, -0.2) is 4.98 Å². The summed E-state index contributed by atoms with van der Waals surface area (Å²) in [5.41, 5.74) is 0.677. The van der Waals surface area contributed by atoms with Crippen molar-refractivity contribution in [3.63, 3.8) is 0 Å². The Balaban J connectivity index is 1.58. The van der Waals surface area contributed by atoms with Crippen molar-refractivity contribution < 1.29 is 9.72 Å². The highest BCUT2D eigenvalue weighted by atomic mass is 16.6. The highest BCUT2D eigenvalue weighted by molar-refractivity contribution is 6.07. The zero-order valence-electron chi connectivity index (χ0n) is 16.5. The fourth-order valence-corrected chi connectivity index (χ4v) is 3.64. The largest absolute Gasteiger partial charge is 0.364 e. The summed E-state index contributed by atoms with van der Waals surface area (Å²) in [5, 5.41) is 19.9. The molecule has 0 saturated carbocycles. The normalized spacial score (nSPS) is 14.4. The Labute approximate surface area is 172 Å². The molecule has 0 radical (unpaired) electrons. The van der Waals surface area contributed by atoms with Gasteiger partial charge in [0.05, 0.1) is 4.92 Å². The number of imidazole rings is 1. The summed E-state index contributed by atoms with van der Waals surface area (Å²) in [7, 11) is 1.71. The first-order valence-corrected chi connectivity index (χ1v) is 9.62. The second kappa shape index (κ2) is 8.27. The molecule has 0 spiro atoms. The molecule has 1 fully saturated rings. The van der Waals surface area contributed by atoms with Gasteiger partial charge in [0.2, 0.25) is 5.78 Å². The van der Waals surface area contributed by atoms with Gasteiger partial charge in [0, 0.05) is 63.4 Å². The molecule has 2 aromatic heterocycles. The van der Waals surface area contributed by atoms with E-state index in [0.717, 1.165) is 18.8 Å². The fourth-order valence-electron chi connectivity index (χ4n) is 3.64. The van der Waals surface area contributed by atoms with E-state index in [-0.39, 0.29) is 22.9 Å². The molecule has 1 aliphatic rings. The number of nitrogens with zero attached hydrogens (tertiary/aromatic N) is 7. The zero-order chi connectivity index (χ0) is 21.1. The number of anilines is 2. The Morgan fingerprint density at radius 1 is 1.10 bits per heavy atom. The van der Waals surface area contributed by atoms with Crippen molar-refractivity contribution in [1.29, 1.82) is 0 Å². The minimum absolute atomic E-state index is 0.0805. The Morgan fingerprint density at radius 3 is 2.60 bits per heavy atom. The molecule has 10 nitrogen and oxygen atoms in total. The van der Waals surface area contributed by atoms with Crippen LogP contribution in [0.15, 0.2) is 48.9 Å². The molecular weight excluding hydrogens is 386 g/mol. The molecule has 0 amide bonds. The highest BCUT2D eigenvalue weighted by Crippen LogP contribution is 2.31. The Hall–Kier alpha value is -3.82. The van der Waals surface area contributed by atoms with Crippen LogP contribution >= 0.6 is 0 Å². The molecule has 154 valence electrons. The Bertz CT molecular complexity index is 1070. The minimum Gasteiger partial charge on any atom is -0.364 e. The number of aryl methyl sites for hydroxylation is 1. The minimum atomic E-state index is -0.435. The summed E-state index contributed by atoms with van der Waals surface area (Å²) in [6.07, 6.45) is 5.64. The molecular formula is C20H21N7O3. The summed E-state index contributed by atoms with van der Waals surface area (Å²) in [5.74, 6) is 0.693. The maximum Gasteiger partial charge on any atom is 0.293 e. The van der Waals surface area contributed by atoms with Crippen LogP contribution in [0, 0.1) is 10.1 Å². The fraction of sp³-hybridized carbons (Fsp3) is 0.300. The Kier molecular flexibility index (Phi) is 5.38. The first-order chi connectivity index (χ1) is 14.5. The molecule has 0 atom stereocenters. The van der Waals surface area contributed by atoms with Crippen LogP contribution in [0.5, 0.6) is 0 Å². The number of nitro benzene ring substituents is 1. The maximum atomic E-state index is 12.7. The van der Waals surface area contributed by atoms with Gasteiger partial charge in [-0.3, -0.25) is 14.9 Å². The SMILES string of the molecule is Cn1ccnc1C(=O)c1ccc(N2CCCN(c3cccnn3)CC2)c([N+](=O)[O-])c1. The standard InChI is InChI=1S/C20H21N7O3/c1-24-11-8-21-20(24)19(28)15-5-6-16(17(14-15)27(29)30)25-9-3-10-26(13-12-25)18-4-2-7-22-23-18/h2,4-8,11,14H,3,9-10,12-13H2,1H3. The number of carbonyl (C=O) groups is 1. The van der Waals surface area contributed by atoms with Crippen molar-refractivity contribution in [1.82, 2.24) is 19.7 Å². The predicted molar refractivity (Wildman–Crippen MR) is 111 cm³/mol. The third-order valence-corrected chi connectivity index (χ3v) is 5.18. The maximum absolute atomic E-state index is 12.7. The summed E-state index contributed by atoms with van der Waals surface area (Å²) in [6.45, 7) is 2.73. The predicted octanol–water partition coefficient (Wildman–Crippen LogP) is 2.07. The van der Waals surface area contributed by atoms with Gasteiger partial charge in [-0.05, 0) is 30.7 Å². The second-order valence-electron chi connectivity index (χ2n) is 7.06. The van der Waals surface area contributed by atoms with Gasteiger partial charge in [0.25, 0.3) is 5.69 Å². The molecule has 0 aliphatic carbocycles. The Morgan fingerprint density at radius 2 is 1.90 bits per heavy atom. The number of hydrogen-bond donors (Lipinski definition) is 0. The van der Waals surface area contributed by atoms with Crippen LogP contribution in [-0.2, 0) is 7.05 Å². The molecule has 0 bridgehead atoms. The topological polar surface area (TPSA) is 110 Å². The number of aromatic nitrogens is 4. The van der Waals surface area contributed by atoms with E-state index in [1.165, 1.54) is 12.3 Å². The molecule has 1 saturated heterocycles. The van der Waals surface area contributed by atoms with Crippen LogP contribution in [0.4, 0.5) is 17.2 Å². The first-order valence-electron chi connectivity index (χ1n) is 9.62. The molecule has 3 heterocycles. The van der Waals surface area contributed by atoms with Gasteiger partial charge in [0.15, 0.2) is 11.6 Å². The van der Waals surface area contributed by atoms with Crippen LogP contribution in [0.1, 0.15) is 22.6 Å². The van der Waals surface area contributed by atoms with Crippen molar-refractivity contribution in [3.05, 3.63) is 70.4 Å². The second-order valence-corrected chi connectivity index (χ2v) is 7.06. The molecule has 1 aromatic carbocycles. The summed E-state index contributed by atoms with van der Waals surface area (Å²) >= 11 is 0. The summed E-state index contributed by atoms with van der Waals surface area (Å²) in [4.78, 5) is 32.2. The number of hydrogen-bond acceptors (Lipinski definition) is 8. The van der Waals surface area contributed by atoms with Crippen molar-refractivity contribution >= 4 is 23.0 Å². The molecule has 1 aliphatic heterocycles. The molecule has 3 aromatic rings. The van der Waals surface area contributed by atoms with Crippen LogP contribution in [-0.4, -0.2) is 56.6 Å². The number of benzene rings is 1. The van der Waals surface area contributed by atoms with Gasteiger partial charge in [0.1, 0.15) is 5.69 Å². The van der Waals surface area contributed by atoms with E-state index in [4.69, 9.17) is 0 Å². The van der Waals surface area contributed by atoms with Crippen LogP contribution in [0.25, 0.3) is 0 Å². The highest BCUT2D eigenvalue weighted by Gasteiger charge is 2.25. The first kappa shape index (κ1) is 19.5. The number of ketones is 1. The van der Waals surface area contributed by atoms with E-state index >= 15 is 0 Å². The molecule has 0 N–H and O–H groups in total. The van der Waals surface area contributed by atoms with Gasteiger partial charge in [-0.2, -0.15) is 5.10 Å².